The smallest absolute Gasteiger partial charge is 0.351 e. The van der Waals surface area contributed by atoms with E-state index in [1.54, 1.807) is 27.7 Å². The van der Waals surface area contributed by atoms with Gasteiger partial charge >= 0.3 is 11.7 Å². The second-order valence-electron chi connectivity index (χ2n) is 7.40. The van der Waals surface area contributed by atoms with Crippen molar-refractivity contribution in [1.82, 2.24) is 9.55 Å². The fourth-order valence-corrected chi connectivity index (χ4v) is 3.59. The molecule has 2 saturated heterocycles. The lowest BCUT2D eigenvalue weighted by atomic mass is 10.1. The van der Waals surface area contributed by atoms with E-state index in [9.17, 15) is 9.59 Å². The number of hydrogen-bond donors (Lipinski definition) is 1. The molecule has 1 spiro atoms. The van der Waals surface area contributed by atoms with Crippen molar-refractivity contribution >= 4 is 11.8 Å². The molecule has 4 rings (SSSR count). The Morgan fingerprint density at radius 1 is 1.40 bits per heavy atom. The molecule has 0 bridgehead atoms. The Bertz CT molecular complexity index is 790. The molecule has 0 amide bonds. The lowest BCUT2D eigenvalue weighted by molar-refractivity contribution is -0.184. The minimum Gasteiger partial charge on any atom is -0.456 e. The van der Waals surface area contributed by atoms with Gasteiger partial charge in [0.15, 0.2) is 23.7 Å². The van der Waals surface area contributed by atoms with E-state index in [0.29, 0.717) is 0 Å². The summed E-state index contributed by atoms with van der Waals surface area (Å²) in [6.07, 6.45) is -0.848. The molecule has 2 N–H and O–H groups in total. The third-order valence-electron chi connectivity index (χ3n) is 4.72. The molecule has 9 heteroatoms. The Morgan fingerprint density at radius 3 is 2.76 bits per heavy atom. The largest absolute Gasteiger partial charge is 0.456 e. The third-order valence-corrected chi connectivity index (χ3v) is 4.72. The zero-order valence-electron chi connectivity index (χ0n) is 14.5. The number of anilines is 1. The summed E-state index contributed by atoms with van der Waals surface area (Å²) in [5, 5.41) is 0. The number of rotatable bonds is 3. The summed E-state index contributed by atoms with van der Waals surface area (Å²) in [5.74, 6) is -1.33. The number of nitrogen functional groups attached to an aromatic ring is 1. The van der Waals surface area contributed by atoms with Gasteiger partial charge in [0, 0.05) is 6.20 Å². The van der Waals surface area contributed by atoms with Crippen molar-refractivity contribution in [3.8, 4) is 0 Å². The predicted octanol–water partition coefficient (Wildman–Crippen LogP) is 0.195. The van der Waals surface area contributed by atoms with Crippen molar-refractivity contribution in [3.05, 3.63) is 22.7 Å². The second-order valence-corrected chi connectivity index (χ2v) is 7.40. The highest BCUT2D eigenvalue weighted by atomic mass is 16.8. The van der Waals surface area contributed by atoms with Crippen LogP contribution >= 0.6 is 0 Å². The molecule has 0 radical (unpaired) electrons. The monoisotopic (exact) mass is 351 g/mol. The average Bonchev–Trinajstić information content (AvgIpc) is 2.80. The van der Waals surface area contributed by atoms with E-state index in [1.165, 1.54) is 16.8 Å². The van der Waals surface area contributed by atoms with Crippen LogP contribution in [0, 0.1) is 5.92 Å². The molecular weight excluding hydrogens is 330 g/mol. The van der Waals surface area contributed by atoms with Gasteiger partial charge in [0.1, 0.15) is 18.0 Å². The quantitative estimate of drug-likeness (QED) is 0.768. The van der Waals surface area contributed by atoms with E-state index < -0.39 is 41.6 Å². The van der Waals surface area contributed by atoms with Gasteiger partial charge in [-0.25, -0.2) is 4.79 Å². The van der Waals surface area contributed by atoms with Crippen LogP contribution in [0.25, 0.3) is 0 Å². The van der Waals surface area contributed by atoms with Crippen molar-refractivity contribution < 1.29 is 23.7 Å². The van der Waals surface area contributed by atoms with Gasteiger partial charge in [-0.15, -0.1) is 0 Å². The maximum Gasteiger partial charge on any atom is 0.351 e. The van der Waals surface area contributed by atoms with Crippen molar-refractivity contribution in [2.75, 3.05) is 5.73 Å². The highest BCUT2D eigenvalue weighted by Gasteiger charge is 2.85. The SMILES string of the molecule is CC(C)C(=O)OC1[C@H]2O[C@@H](n3ccc(N)nc3=O)[C@@H]3OC(C)(C)O[C@@]123. The maximum absolute atomic E-state index is 12.2. The summed E-state index contributed by atoms with van der Waals surface area (Å²) in [7, 11) is 0. The molecule has 1 aromatic rings. The zero-order valence-corrected chi connectivity index (χ0v) is 14.5. The van der Waals surface area contributed by atoms with Gasteiger partial charge in [-0.1, -0.05) is 13.8 Å². The molecule has 9 nitrogen and oxygen atoms in total. The van der Waals surface area contributed by atoms with Crippen molar-refractivity contribution in [2.45, 2.75) is 63.6 Å². The number of nitrogens with zero attached hydrogens (tertiary/aromatic N) is 2. The fourth-order valence-electron chi connectivity index (χ4n) is 3.59. The summed E-state index contributed by atoms with van der Waals surface area (Å²) in [6, 6.07) is 1.51. The highest BCUT2D eigenvalue weighted by Crippen LogP contribution is 2.64. The number of carbonyl (C=O) groups excluding carboxylic acids is 1. The van der Waals surface area contributed by atoms with Crippen LogP contribution in [0.4, 0.5) is 5.82 Å². The standard InChI is InChI=1S/C16H21N3O6/c1-7(2)13(20)23-10-9-16(10)11(24-15(3,4)25-16)12(22-9)19-6-5-8(17)18-14(19)21/h5-7,9-12H,1-4H3,(H2,17,18,21)/t9-,10?,11+,12-,16-/m1/s1. The Kier molecular flexibility index (Phi) is 3.32. The maximum atomic E-state index is 12.2. The van der Waals surface area contributed by atoms with E-state index >= 15 is 0 Å². The molecule has 1 aromatic heterocycles. The number of hydrogen-bond acceptors (Lipinski definition) is 8. The summed E-state index contributed by atoms with van der Waals surface area (Å²) >= 11 is 0. The van der Waals surface area contributed by atoms with Crippen LogP contribution in [0.1, 0.15) is 33.9 Å². The molecule has 25 heavy (non-hydrogen) atoms. The van der Waals surface area contributed by atoms with E-state index in [2.05, 4.69) is 4.98 Å². The molecule has 2 aliphatic heterocycles. The highest BCUT2D eigenvalue weighted by molar-refractivity contribution is 5.72. The first-order valence-electron chi connectivity index (χ1n) is 8.24. The Balaban J connectivity index is 1.64. The van der Waals surface area contributed by atoms with Gasteiger partial charge in [0.05, 0.1) is 5.92 Å². The lowest BCUT2D eigenvalue weighted by Gasteiger charge is -2.24. The van der Waals surface area contributed by atoms with Crippen LogP contribution in [0.3, 0.4) is 0 Å². The van der Waals surface area contributed by atoms with Crippen molar-refractivity contribution in [2.24, 2.45) is 5.92 Å². The Morgan fingerprint density at radius 2 is 2.12 bits per heavy atom. The van der Waals surface area contributed by atoms with E-state index in [4.69, 9.17) is 24.7 Å². The number of carbonyl (C=O) groups is 1. The topological polar surface area (TPSA) is 115 Å². The average molecular weight is 351 g/mol. The summed E-state index contributed by atoms with van der Waals surface area (Å²) in [6.45, 7) is 7.07. The third kappa shape index (κ3) is 2.30. The normalized spacial score (nSPS) is 37.6. The van der Waals surface area contributed by atoms with E-state index in [-0.39, 0.29) is 17.7 Å². The molecule has 3 aliphatic rings. The van der Waals surface area contributed by atoms with Gasteiger partial charge in [-0.3, -0.25) is 9.36 Å². The molecule has 0 aromatic carbocycles. The second kappa shape index (κ2) is 5.03. The van der Waals surface area contributed by atoms with Gasteiger partial charge < -0.3 is 24.7 Å². The number of aromatic nitrogens is 2. The molecule has 1 unspecified atom stereocenters. The summed E-state index contributed by atoms with van der Waals surface area (Å²) in [4.78, 5) is 27.8. The summed E-state index contributed by atoms with van der Waals surface area (Å²) in [5.41, 5.74) is 4.10. The summed E-state index contributed by atoms with van der Waals surface area (Å²) < 4.78 is 24.8. The van der Waals surface area contributed by atoms with Gasteiger partial charge in [0.25, 0.3) is 0 Å². The van der Waals surface area contributed by atoms with Crippen LogP contribution in [0.2, 0.25) is 0 Å². The minimum absolute atomic E-state index is 0.131. The fraction of sp³-hybridized carbons (Fsp3) is 0.688. The molecule has 3 fully saturated rings. The molecule has 1 saturated carbocycles. The van der Waals surface area contributed by atoms with Crippen molar-refractivity contribution in [1.29, 1.82) is 0 Å². The first kappa shape index (κ1) is 16.5. The first-order chi connectivity index (χ1) is 11.7. The molecule has 3 heterocycles. The van der Waals surface area contributed by atoms with Crippen LogP contribution in [-0.4, -0.2) is 45.2 Å². The molecule has 1 aliphatic carbocycles. The predicted molar refractivity (Wildman–Crippen MR) is 84.3 cm³/mol. The van der Waals surface area contributed by atoms with Crippen LogP contribution in [0.15, 0.2) is 17.1 Å². The Labute approximate surface area is 144 Å². The number of esters is 1. The van der Waals surface area contributed by atoms with Crippen LogP contribution in [0.5, 0.6) is 0 Å². The lowest BCUT2D eigenvalue weighted by Crippen LogP contribution is -2.40. The van der Waals surface area contributed by atoms with Crippen LogP contribution in [-0.2, 0) is 23.7 Å². The van der Waals surface area contributed by atoms with Crippen molar-refractivity contribution in [3.63, 3.8) is 0 Å². The van der Waals surface area contributed by atoms with E-state index in [1.807, 2.05) is 0 Å². The number of ether oxygens (including phenoxy) is 4. The van der Waals surface area contributed by atoms with Crippen LogP contribution < -0.4 is 11.4 Å². The first-order valence-corrected chi connectivity index (χ1v) is 8.24. The Hall–Kier alpha value is -1.97. The molecular formula is C16H21N3O6. The minimum atomic E-state index is -0.903. The van der Waals surface area contributed by atoms with Gasteiger partial charge in [-0.2, -0.15) is 4.98 Å². The molecule has 136 valence electrons. The van der Waals surface area contributed by atoms with Gasteiger partial charge in [0.2, 0.25) is 0 Å². The molecule has 5 atom stereocenters. The van der Waals surface area contributed by atoms with Gasteiger partial charge in [-0.05, 0) is 19.9 Å². The van der Waals surface area contributed by atoms with E-state index in [0.717, 1.165) is 0 Å². The zero-order chi connectivity index (χ0) is 18.1. The number of nitrogens with two attached hydrogens (primary N) is 1.